The lowest BCUT2D eigenvalue weighted by Gasteiger charge is -2.29. The van der Waals surface area contributed by atoms with Gasteiger partial charge in [-0.05, 0) is 73.7 Å². The molecule has 4 aromatic rings. The highest BCUT2D eigenvalue weighted by atomic mass is 35.5. The lowest BCUT2D eigenvalue weighted by molar-refractivity contribution is -0.119. The number of hydrogen-bond acceptors (Lipinski definition) is 4. The molecule has 7 nitrogen and oxygen atoms in total. The fraction of sp³-hybridized carbons (Fsp3) is 0.179. The van der Waals surface area contributed by atoms with Crippen molar-refractivity contribution in [3.63, 3.8) is 0 Å². The first kappa shape index (κ1) is 25.0. The quantitative estimate of drug-likeness (QED) is 0.303. The van der Waals surface area contributed by atoms with Gasteiger partial charge in [0.1, 0.15) is 12.6 Å². The molecule has 37 heavy (non-hydrogen) atoms. The molecule has 0 aliphatic carbocycles. The van der Waals surface area contributed by atoms with Crippen molar-refractivity contribution in [1.29, 1.82) is 0 Å². The van der Waals surface area contributed by atoms with Crippen LogP contribution in [0.15, 0.2) is 85.2 Å². The topological polar surface area (TPSA) is 71.4 Å². The van der Waals surface area contributed by atoms with Crippen LogP contribution in [0.5, 0.6) is 0 Å². The van der Waals surface area contributed by atoms with E-state index < -0.39 is 0 Å². The molecule has 5 rings (SSSR count). The number of pyridine rings is 1. The summed E-state index contributed by atoms with van der Waals surface area (Å²) in [6, 6.07) is 23.5. The Morgan fingerprint density at radius 2 is 1.89 bits per heavy atom. The Hall–Kier alpha value is -3.72. The van der Waals surface area contributed by atoms with E-state index in [4.69, 9.17) is 28.6 Å². The fourth-order valence-corrected chi connectivity index (χ4v) is 5.15. The highest BCUT2D eigenvalue weighted by Crippen LogP contribution is 2.43. The smallest absolute Gasteiger partial charge is 0.250 e. The third kappa shape index (κ3) is 5.09. The van der Waals surface area contributed by atoms with Gasteiger partial charge in [0.05, 0.1) is 22.4 Å². The Labute approximate surface area is 226 Å². The Bertz CT molecular complexity index is 1420. The molecule has 0 radical (unpaired) electrons. The first-order valence-corrected chi connectivity index (χ1v) is 12.6. The van der Waals surface area contributed by atoms with Crippen LogP contribution >= 0.6 is 23.8 Å². The van der Waals surface area contributed by atoms with Gasteiger partial charge in [-0.15, -0.1) is 0 Å². The van der Waals surface area contributed by atoms with Crippen LogP contribution in [0.3, 0.4) is 0 Å². The lowest BCUT2D eigenvalue weighted by atomic mass is 10.0. The van der Waals surface area contributed by atoms with Crippen LogP contribution in [0, 0.1) is 6.92 Å². The van der Waals surface area contributed by atoms with E-state index in [1.54, 1.807) is 12.3 Å². The molecule has 2 N–H and O–H groups in total. The molecule has 1 aliphatic rings. The van der Waals surface area contributed by atoms with Gasteiger partial charge >= 0.3 is 0 Å². The van der Waals surface area contributed by atoms with Crippen LogP contribution < -0.4 is 15.5 Å². The summed E-state index contributed by atoms with van der Waals surface area (Å²) >= 11 is 12.5. The summed E-state index contributed by atoms with van der Waals surface area (Å²) in [7, 11) is 1.47. The molecule has 0 bridgehead atoms. The molecular weight excluding hydrogens is 506 g/mol. The van der Waals surface area contributed by atoms with Gasteiger partial charge in [0.15, 0.2) is 5.11 Å². The molecular formula is C28H26ClN5O2S. The Balaban J connectivity index is 1.58. The SMILES string of the molecule is COCC(=O)Nc1ccc(N2C(=S)N[C@@H](c3ccccn3)[C@H]2c2cccn2-c2ccc(C)cc2)cc1Cl. The molecule has 3 heterocycles. The summed E-state index contributed by atoms with van der Waals surface area (Å²) in [5, 5.41) is 7.21. The average Bonchev–Trinajstić information content (AvgIpc) is 3.51. The van der Waals surface area contributed by atoms with Crippen molar-refractivity contribution < 1.29 is 9.53 Å². The Morgan fingerprint density at radius 3 is 2.59 bits per heavy atom. The van der Waals surface area contributed by atoms with Gasteiger partial charge in [0, 0.05) is 36.6 Å². The number of halogens is 1. The number of methoxy groups -OCH3 is 1. The monoisotopic (exact) mass is 531 g/mol. The van der Waals surface area contributed by atoms with Crippen LogP contribution in [0.1, 0.15) is 29.0 Å². The van der Waals surface area contributed by atoms with E-state index in [0.717, 1.165) is 22.8 Å². The van der Waals surface area contributed by atoms with Crippen molar-refractivity contribution >= 4 is 46.2 Å². The van der Waals surface area contributed by atoms with Crippen LogP contribution in [0.2, 0.25) is 5.02 Å². The molecule has 188 valence electrons. The fourth-order valence-electron chi connectivity index (χ4n) is 4.58. The average molecular weight is 532 g/mol. The first-order chi connectivity index (χ1) is 18.0. The number of thiocarbonyl (C=S) groups is 1. The van der Waals surface area contributed by atoms with E-state index in [1.165, 1.54) is 12.7 Å². The van der Waals surface area contributed by atoms with Crippen LogP contribution in [0.25, 0.3) is 5.69 Å². The van der Waals surface area contributed by atoms with E-state index >= 15 is 0 Å². The Morgan fingerprint density at radius 1 is 1.11 bits per heavy atom. The number of carbonyl (C=O) groups excluding carboxylic acids is 1. The van der Waals surface area contributed by atoms with Gasteiger partial charge in [-0.1, -0.05) is 35.4 Å². The molecule has 1 saturated heterocycles. The maximum atomic E-state index is 12.0. The van der Waals surface area contributed by atoms with Crippen molar-refractivity contribution in [3.05, 3.63) is 107 Å². The number of aromatic nitrogens is 2. The second-order valence-electron chi connectivity index (χ2n) is 8.78. The number of aryl methyl sites for hydroxylation is 1. The molecule has 0 unspecified atom stereocenters. The third-order valence-corrected chi connectivity index (χ3v) is 6.90. The van der Waals surface area contributed by atoms with Crippen molar-refractivity contribution in [3.8, 4) is 5.69 Å². The molecule has 1 aliphatic heterocycles. The van der Waals surface area contributed by atoms with E-state index in [2.05, 4.69) is 68.5 Å². The van der Waals surface area contributed by atoms with Crippen LogP contribution in [-0.4, -0.2) is 34.3 Å². The minimum Gasteiger partial charge on any atom is -0.375 e. The summed E-state index contributed by atoms with van der Waals surface area (Å²) in [4.78, 5) is 18.7. The van der Waals surface area contributed by atoms with Gasteiger partial charge in [0.25, 0.3) is 0 Å². The van der Waals surface area contributed by atoms with Gasteiger partial charge in [-0.3, -0.25) is 9.78 Å². The zero-order chi connectivity index (χ0) is 25.9. The predicted molar refractivity (Wildman–Crippen MR) is 150 cm³/mol. The molecule has 0 saturated carbocycles. The van der Waals surface area contributed by atoms with E-state index in [-0.39, 0.29) is 24.6 Å². The third-order valence-electron chi connectivity index (χ3n) is 6.27. The summed E-state index contributed by atoms with van der Waals surface area (Å²) < 4.78 is 7.07. The standard InChI is InChI=1S/C28H26ClN5O2S/c1-18-8-10-19(11-9-18)33-15-5-7-24(33)27-26(23-6-3-4-14-30-23)32-28(37)34(27)20-12-13-22(21(29)16-20)31-25(35)17-36-2/h3-16,26-27H,17H2,1-2H3,(H,31,35)(H,32,37)/t26-,27+/m0/s1. The van der Waals surface area contributed by atoms with Crippen LogP contribution in [-0.2, 0) is 9.53 Å². The Kier molecular flexibility index (Phi) is 7.23. The molecule has 9 heteroatoms. The first-order valence-electron chi connectivity index (χ1n) is 11.8. The largest absolute Gasteiger partial charge is 0.375 e. The molecule has 1 amide bonds. The van der Waals surface area contributed by atoms with Gasteiger partial charge in [-0.2, -0.15) is 0 Å². The zero-order valence-electron chi connectivity index (χ0n) is 20.4. The maximum absolute atomic E-state index is 12.0. The number of anilines is 2. The number of ether oxygens (including phenoxy) is 1. The minimum absolute atomic E-state index is 0.0535. The predicted octanol–water partition coefficient (Wildman–Crippen LogP) is 5.60. The molecule has 1 fully saturated rings. The molecule has 2 aromatic carbocycles. The maximum Gasteiger partial charge on any atom is 0.250 e. The molecule has 2 atom stereocenters. The number of amides is 1. The number of carbonyl (C=O) groups is 1. The van der Waals surface area contributed by atoms with Gasteiger partial charge < -0.3 is 24.8 Å². The second-order valence-corrected chi connectivity index (χ2v) is 9.57. The molecule has 2 aromatic heterocycles. The number of nitrogens with zero attached hydrogens (tertiary/aromatic N) is 3. The summed E-state index contributed by atoms with van der Waals surface area (Å²) in [6.45, 7) is 2.02. The van der Waals surface area contributed by atoms with Crippen LogP contribution in [0.4, 0.5) is 11.4 Å². The lowest BCUT2D eigenvalue weighted by Crippen LogP contribution is -2.30. The highest BCUT2D eigenvalue weighted by molar-refractivity contribution is 7.80. The minimum atomic E-state index is -0.278. The summed E-state index contributed by atoms with van der Waals surface area (Å²) in [5.41, 5.74) is 5.47. The number of nitrogens with one attached hydrogen (secondary N) is 2. The summed E-state index contributed by atoms with van der Waals surface area (Å²) in [6.07, 6.45) is 3.84. The van der Waals surface area contributed by atoms with Crippen molar-refractivity contribution in [2.24, 2.45) is 0 Å². The van der Waals surface area contributed by atoms with Crippen molar-refractivity contribution in [1.82, 2.24) is 14.9 Å². The molecule has 0 spiro atoms. The number of benzene rings is 2. The van der Waals surface area contributed by atoms with E-state index in [1.807, 2.05) is 36.4 Å². The van der Waals surface area contributed by atoms with Gasteiger partial charge in [0.2, 0.25) is 5.91 Å². The highest BCUT2D eigenvalue weighted by Gasteiger charge is 2.42. The normalized spacial score (nSPS) is 17.1. The van der Waals surface area contributed by atoms with E-state index in [0.29, 0.717) is 15.8 Å². The van der Waals surface area contributed by atoms with Crippen molar-refractivity contribution in [2.75, 3.05) is 23.9 Å². The second kappa shape index (κ2) is 10.7. The van der Waals surface area contributed by atoms with E-state index in [9.17, 15) is 4.79 Å². The zero-order valence-corrected chi connectivity index (χ0v) is 22.0. The summed E-state index contributed by atoms with van der Waals surface area (Å²) in [5.74, 6) is -0.278. The number of hydrogen-bond donors (Lipinski definition) is 2. The number of rotatable bonds is 7. The van der Waals surface area contributed by atoms with Crippen molar-refractivity contribution in [2.45, 2.75) is 19.0 Å². The van der Waals surface area contributed by atoms with Gasteiger partial charge in [-0.25, -0.2) is 0 Å².